The fraction of sp³-hybridized carbons (Fsp3) is 1.00. The topological polar surface area (TPSA) is 9.23 Å². The highest BCUT2D eigenvalue weighted by Crippen LogP contribution is 2.33. The third kappa shape index (κ3) is 4.39. The van der Waals surface area contributed by atoms with E-state index in [1.54, 1.807) is 0 Å². The number of hydrogen-bond acceptors (Lipinski definition) is 1. The summed E-state index contributed by atoms with van der Waals surface area (Å²) in [7, 11) is 0. The minimum atomic E-state index is -0.135. The van der Waals surface area contributed by atoms with Gasteiger partial charge in [0.05, 0.1) is 17.6 Å². The van der Waals surface area contributed by atoms with Crippen LogP contribution in [0.2, 0.25) is 0 Å². The maximum atomic E-state index is 6.18. The molecular formula is C12H22ClIO. The number of ether oxygens (including phenoxy) is 1. The predicted molar refractivity (Wildman–Crippen MR) is 75.1 cm³/mol. The van der Waals surface area contributed by atoms with Crippen LogP contribution in [0, 0.1) is 11.8 Å². The van der Waals surface area contributed by atoms with Crippen molar-refractivity contribution in [2.75, 3.05) is 10.3 Å². The SMILES string of the molecule is CC1CC(C)CC(OC(C)(CCl)CI)C1. The Labute approximate surface area is 112 Å². The summed E-state index contributed by atoms with van der Waals surface area (Å²) in [5.41, 5.74) is -0.135. The van der Waals surface area contributed by atoms with Crippen LogP contribution in [0.25, 0.3) is 0 Å². The highest BCUT2D eigenvalue weighted by molar-refractivity contribution is 14.1. The van der Waals surface area contributed by atoms with E-state index in [1.165, 1.54) is 19.3 Å². The quantitative estimate of drug-likeness (QED) is 0.547. The van der Waals surface area contributed by atoms with Crippen molar-refractivity contribution in [3.63, 3.8) is 0 Å². The Morgan fingerprint density at radius 1 is 1.27 bits per heavy atom. The van der Waals surface area contributed by atoms with Crippen LogP contribution >= 0.6 is 34.2 Å². The summed E-state index contributed by atoms with van der Waals surface area (Å²) >= 11 is 8.33. The molecule has 0 aromatic rings. The largest absolute Gasteiger partial charge is 0.370 e. The molecule has 3 heteroatoms. The molecular weight excluding hydrogens is 322 g/mol. The fourth-order valence-corrected chi connectivity index (χ4v) is 3.40. The second-order valence-corrected chi connectivity index (χ2v) is 6.40. The second kappa shape index (κ2) is 6.06. The van der Waals surface area contributed by atoms with Gasteiger partial charge in [0.25, 0.3) is 0 Å². The van der Waals surface area contributed by atoms with Gasteiger partial charge in [-0.1, -0.05) is 36.4 Å². The lowest BCUT2D eigenvalue weighted by Crippen LogP contribution is -2.40. The summed E-state index contributed by atoms with van der Waals surface area (Å²) in [6.45, 7) is 6.78. The van der Waals surface area contributed by atoms with Crippen LogP contribution < -0.4 is 0 Å². The molecule has 15 heavy (non-hydrogen) atoms. The molecule has 3 unspecified atom stereocenters. The van der Waals surface area contributed by atoms with Gasteiger partial charge in [0.2, 0.25) is 0 Å². The van der Waals surface area contributed by atoms with E-state index in [0.717, 1.165) is 16.3 Å². The molecule has 0 heterocycles. The molecule has 1 nitrogen and oxygen atoms in total. The van der Waals surface area contributed by atoms with Gasteiger partial charge in [0.15, 0.2) is 0 Å². The van der Waals surface area contributed by atoms with Crippen LogP contribution in [0.15, 0.2) is 0 Å². The van der Waals surface area contributed by atoms with E-state index >= 15 is 0 Å². The first kappa shape index (κ1) is 14.0. The van der Waals surface area contributed by atoms with Crippen LogP contribution in [-0.2, 0) is 4.74 Å². The lowest BCUT2D eigenvalue weighted by Gasteiger charge is -2.37. The highest BCUT2D eigenvalue weighted by Gasteiger charge is 2.31. The molecule has 0 amide bonds. The first-order valence-electron chi connectivity index (χ1n) is 5.79. The minimum Gasteiger partial charge on any atom is -0.370 e. The van der Waals surface area contributed by atoms with E-state index in [9.17, 15) is 0 Å². The number of halogens is 2. The third-order valence-electron chi connectivity index (χ3n) is 3.15. The van der Waals surface area contributed by atoms with E-state index in [0.29, 0.717) is 12.0 Å². The van der Waals surface area contributed by atoms with Crippen LogP contribution in [0.3, 0.4) is 0 Å². The van der Waals surface area contributed by atoms with Gasteiger partial charge in [0, 0.05) is 4.43 Å². The average Bonchev–Trinajstić information content (AvgIpc) is 2.16. The number of rotatable bonds is 4. The number of hydrogen-bond donors (Lipinski definition) is 0. The monoisotopic (exact) mass is 344 g/mol. The molecule has 0 aromatic heterocycles. The molecule has 0 bridgehead atoms. The molecule has 1 rings (SSSR count). The van der Waals surface area contributed by atoms with Crippen molar-refractivity contribution < 1.29 is 4.74 Å². The molecule has 0 aromatic carbocycles. The molecule has 1 saturated carbocycles. The van der Waals surface area contributed by atoms with E-state index in [4.69, 9.17) is 16.3 Å². The van der Waals surface area contributed by atoms with Crippen molar-refractivity contribution in [3.05, 3.63) is 0 Å². The summed E-state index contributed by atoms with van der Waals surface area (Å²) in [5.74, 6) is 2.19. The van der Waals surface area contributed by atoms with Crippen molar-refractivity contribution in [3.8, 4) is 0 Å². The Hall–Kier alpha value is 0.980. The van der Waals surface area contributed by atoms with Gasteiger partial charge in [-0.05, 0) is 38.0 Å². The van der Waals surface area contributed by atoms with Crippen molar-refractivity contribution in [1.82, 2.24) is 0 Å². The zero-order valence-corrected chi connectivity index (χ0v) is 12.8. The number of alkyl halides is 2. The van der Waals surface area contributed by atoms with Crippen molar-refractivity contribution in [2.45, 2.75) is 51.7 Å². The first-order valence-corrected chi connectivity index (χ1v) is 7.85. The van der Waals surface area contributed by atoms with Gasteiger partial charge >= 0.3 is 0 Å². The summed E-state index contributed by atoms with van der Waals surface area (Å²) < 4.78 is 7.14. The summed E-state index contributed by atoms with van der Waals surface area (Å²) in [5, 5.41) is 0. The van der Waals surface area contributed by atoms with Gasteiger partial charge in [-0.3, -0.25) is 0 Å². The second-order valence-electron chi connectivity index (χ2n) is 5.37. The zero-order chi connectivity index (χ0) is 11.5. The van der Waals surface area contributed by atoms with Crippen molar-refractivity contribution >= 4 is 34.2 Å². The minimum absolute atomic E-state index is 0.135. The zero-order valence-electron chi connectivity index (χ0n) is 9.93. The Balaban J connectivity index is 2.49. The molecule has 0 spiro atoms. The van der Waals surface area contributed by atoms with E-state index in [-0.39, 0.29) is 5.60 Å². The molecule has 1 aliphatic rings. The van der Waals surface area contributed by atoms with Crippen molar-refractivity contribution in [2.24, 2.45) is 11.8 Å². The maximum absolute atomic E-state index is 6.18. The van der Waals surface area contributed by atoms with E-state index < -0.39 is 0 Å². The molecule has 3 atom stereocenters. The molecule has 0 N–H and O–H groups in total. The molecule has 90 valence electrons. The predicted octanol–water partition coefficient (Wildman–Crippen LogP) is 4.26. The van der Waals surface area contributed by atoms with Crippen LogP contribution in [0.1, 0.15) is 40.0 Å². The third-order valence-corrected chi connectivity index (χ3v) is 5.33. The maximum Gasteiger partial charge on any atom is 0.0881 e. The fourth-order valence-electron chi connectivity index (χ4n) is 2.47. The van der Waals surface area contributed by atoms with Crippen LogP contribution in [0.4, 0.5) is 0 Å². The normalized spacial score (nSPS) is 36.2. The van der Waals surface area contributed by atoms with Gasteiger partial charge in [0.1, 0.15) is 0 Å². The van der Waals surface area contributed by atoms with E-state index in [1.807, 2.05) is 0 Å². The average molecular weight is 345 g/mol. The lowest BCUT2D eigenvalue weighted by molar-refractivity contribution is -0.0819. The molecule has 0 aliphatic heterocycles. The highest BCUT2D eigenvalue weighted by atomic mass is 127. The molecule has 1 aliphatic carbocycles. The molecule has 0 radical (unpaired) electrons. The molecule has 0 saturated heterocycles. The summed E-state index contributed by atoms with van der Waals surface area (Å²) in [6.07, 6.45) is 4.17. The van der Waals surface area contributed by atoms with Gasteiger partial charge < -0.3 is 4.74 Å². The first-order chi connectivity index (χ1) is 6.99. The van der Waals surface area contributed by atoms with Crippen LogP contribution in [-0.4, -0.2) is 22.0 Å². The Bertz CT molecular complexity index is 184. The molecule has 1 fully saturated rings. The standard InChI is InChI=1S/C12H22ClIO/c1-9-4-10(2)6-11(5-9)15-12(3,7-13)8-14/h9-11H,4-8H2,1-3H3. The lowest BCUT2D eigenvalue weighted by atomic mass is 9.81. The van der Waals surface area contributed by atoms with E-state index in [2.05, 4.69) is 43.4 Å². The van der Waals surface area contributed by atoms with Gasteiger partial charge in [-0.25, -0.2) is 0 Å². The van der Waals surface area contributed by atoms with Gasteiger partial charge in [-0.15, -0.1) is 11.6 Å². The summed E-state index contributed by atoms with van der Waals surface area (Å²) in [6, 6.07) is 0. The Morgan fingerprint density at radius 3 is 2.20 bits per heavy atom. The smallest absolute Gasteiger partial charge is 0.0881 e. The van der Waals surface area contributed by atoms with Gasteiger partial charge in [-0.2, -0.15) is 0 Å². The van der Waals surface area contributed by atoms with Crippen LogP contribution in [0.5, 0.6) is 0 Å². The Morgan fingerprint density at radius 2 is 1.80 bits per heavy atom. The Kier molecular flexibility index (Phi) is 5.67. The van der Waals surface area contributed by atoms with Crippen molar-refractivity contribution in [1.29, 1.82) is 0 Å². The summed E-state index contributed by atoms with van der Waals surface area (Å²) in [4.78, 5) is 0.